The van der Waals surface area contributed by atoms with Crippen molar-refractivity contribution in [3.8, 4) is 0 Å². The number of benzene rings is 1. The summed E-state index contributed by atoms with van der Waals surface area (Å²) in [6, 6.07) is 6.35. The van der Waals surface area contributed by atoms with Crippen LogP contribution < -0.4 is 10.6 Å². The molecule has 0 aromatic heterocycles. The maximum absolute atomic E-state index is 7.52. The molecule has 1 aromatic rings. The number of hydrogen-bond donors (Lipinski definition) is 2. The van der Waals surface area contributed by atoms with Crippen LogP contribution in [0.4, 0.5) is 5.69 Å². The lowest BCUT2D eigenvalue weighted by atomic mass is 10.1. The Labute approximate surface area is 133 Å². The average molecular weight is 308 g/mol. The number of nitrogens with two attached hydrogens (primary N) is 1. The van der Waals surface area contributed by atoms with Crippen LogP contribution in [0, 0.1) is 11.3 Å². The second-order valence-electron chi connectivity index (χ2n) is 6.39. The van der Waals surface area contributed by atoms with Crippen molar-refractivity contribution < 1.29 is 0 Å². The molecule has 0 heterocycles. The SMILES string of the molecule is CC(C)CCN(c1ccc(C(=N)N)cc1Cl)C1CCCC1. The second kappa shape index (κ2) is 7.17. The van der Waals surface area contributed by atoms with E-state index in [9.17, 15) is 0 Å². The highest BCUT2D eigenvalue weighted by atomic mass is 35.5. The normalized spacial score (nSPS) is 15.6. The first kappa shape index (κ1) is 16.2. The summed E-state index contributed by atoms with van der Waals surface area (Å²) in [7, 11) is 0. The fourth-order valence-electron chi connectivity index (χ4n) is 3.02. The molecule has 3 nitrogen and oxygen atoms in total. The van der Waals surface area contributed by atoms with E-state index in [0.717, 1.165) is 12.2 Å². The van der Waals surface area contributed by atoms with Crippen LogP contribution in [0.1, 0.15) is 51.5 Å². The smallest absolute Gasteiger partial charge is 0.122 e. The Kier molecular flexibility index (Phi) is 5.51. The molecule has 2 rings (SSSR count). The molecular weight excluding hydrogens is 282 g/mol. The zero-order chi connectivity index (χ0) is 15.4. The Balaban J connectivity index is 2.24. The van der Waals surface area contributed by atoms with Gasteiger partial charge in [-0.15, -0.1) is 0 Å². The van der Waals surface area contributed by atoms with Crippen molar-refractivity contribution in [2.75, 3.05) is 11.4 Å². The predicted octanol–water partition coefficient (Wildman–Crippen LogP) is 4.42. The van der Waals surface area contributed by atoms with Gasteiger partial charge in [0.1, 0.15) is 5.84 Å². The molecule has 0 amide bonds. The number of hydrogen-bond acceptors (Lipinski definition) is 2. The molecule has 4 heteroatoms. The Hall–Kier alpha value is -1.22. The van der Waals surface area contributed by atoms with Crippen molar-refractivity contribution in [1.82, 2.24) is 0 Å². The first-order chi connectivity index (χ1) is 9.99. The minimum absolute atomic E-state index is 0.0676. The lowest BCUT2D eigenvalue weighted by Crippen LogP contribution is -2.35. The maximum Gasteiger partial charge on any atom is 0.122 e. The summed E-state index contributed by atoms with van der Waals surface area (Å²) in [6.07, 6.45) is 6.30. The fraction of sp³-hybridized carbons (Fsp3) is 0.588. The third-order valence-corrected chi connectivity index (χ3v) is 4.58. The lowest BCUT2D eigenvalue weighted by Gasteiger charge is -2.32. The van der Waals surface area contributed by atoms with Gasteiger partial charge in [-0.3, -0.25) is 5.41 Å². The number of anilines is 1. The lowest BCUT2D eigenvalue weighted by molar-refractivity contribution is 0.528. The number of rotatable bonds is 6. The summed E-state index contributed by atoms with van der Waals surface area (Å²) in [5, 5.41) is 8.23. The van der Waals surface area contributed by atoms with Gasteiger partial charge in [-0.05, 0) is 43.4 Å². The molecule has 0 spiro atoms. The van der Waals surface area contributed by atoms with E-state index in [1.54, 1.807) is 0 Å². The molecule has 0 atom stereocenters. The van der Waals surface area contributed by atoms with E-state index in [4.69, 9.17) is 22.7 Å². The summed E-state index contributed by atoms with van der Waals surface area (Å²) < 4.78 is 0. The topological polar surface area (TPSA) is 53.1 Å². The summed E-state index contributed by atoms with van der Waals surface area (Å²) in [5.74, 6) is 0.752. The maximum atomic E-state index is 7.52. The molecule has 0 bridgehead atoms. The second-order valence-corrected chi connectivity index (χ2v) is 6.80. The van der Waals surface area contributed by atoms with Crippen LogP contribution in [0.3, 0.4) is 0 Å². The number of halogens is 1. The summed E-state index contributed by atoms with van der Waals surface area (Å²) >= 11 is 6.47. The molecule has 0 unspecified atom stereocenters. The number of nitrogen functional groups attached to an aromatic ring is 1. The van der Waals surface area contributed by atoms with Crippen molar-refractivity contribution in [2.45, 2.75) is 52.0 Å². The predicted molar refractivity (Wildman–Crippen MR) is 91.5 cm³/mol. The quantitative estimate of drug-likeness (QED) is 0.604. The number of nitrogens with zero attached hydrogens (tertiary/aromatic N) is 1. The Morgan fingerprint density at radius 3 is 2.57 bits per heavy atom. The van der Waals surface area contributed by atoms with E-state index < -0.39 is 0 Å². The Morgan fingerprint density at radius 1 is 1.38 bits per heavy atom. The highest BCUT2D eigenvalue weighted by molar-refractivity contribution is 6.33. The van der Waals surface area contributed by atoms with E-state index in [0.29, 0.717) is 22.5 Å². The van der Waals surface area contributed by atoms with E-state index in [1.807, 2.05) is 18.2 Å². The van der Waals surface area contributed by atoms with Crippen LogP contribution in [0.5, 0.6) is 0 Å². The van der Waals surface area contributed by atoms with Gasteiger partial charge in [0, 0.05) is 18.2 Å². The van der Waals surface area contributed by atoms with Crippen molar-refractivity contribution in [3.63, 3.8) is 0 Å². The molecule has 0 saturated heterocycles. The van der Waals surface area contributed by atoms with Gasteiger partial charge < -0.3 is 10.6 Å². The summed E-state index contributed by atoms with van der Waals surface area (Å²) in [5.41, 5.74) is 7.33. The summed E-state index contributed by atoms with van der Waals surface area (Å²) in [6.45, 7) is 5.56. The molecule has 1 aromatic carbocycles. The van der Waals surface area contributed by atoms with Gasteiger partial charge >= 0.3 is 0 Å². The highest BCUT2D eigenvalue weighted by Crippen LogP contribution is 2.34. The molecule has 1 fully saturated rings. The molecular formula is C17H26ClN3. The van der Waals surface area contributed by atoms with Crippen LogP contribution in [0.2, 0.25) is 5.02 Å². The minimum Gasteiger partial charge on any atom is -0.384 e. The molecule has 0 aliphatic heterocycles. The highest BCUT2D eigenvalue weighted by Gasteiger charge is 2.24. The van der Waals surface area contributed by atoms with Crippen LogP contribution in [0.15, 0.2) is 18.2 Å². The van der Waals surface area contributed by atoms with E-state index in [2.05, 4.69) is 18.7 Å². The molecule has 1 saturated carbocycles. The summed E-state index contributed by atoms with van der Waals surface area (Å²) in [4.78, 5) is 2.47. The zero-order valence-corrected chi connectivity index (χ0v) is 13.8. The van der Waals surface area contributed by atoms with Crippen molar-refractivity contribution in [3.05, 3.63) is 28.8 Å². The molecule has 3 N–H and O–H groups in total. The molecule has 0 radical (unpaired) electrons. The van der Waals surface area contributed by atoms with Crippen LogP contribution in [-0.4, -0.2) is 18.4 Å². The van der Waals surface area contributed by atoms with Gasteiger partial charge in [-0.25, -0.2) is 0 Å². The van der Waals surface area contributed by atoms with Crippen LogP contribution in [-0.2, 0) is 0 Å². The molecule has 1 aliphatic carbocycles. The van der Waals surface area contributed by atoms with Gasteiger partial charge in [-0.1, -0.05) is 38.3 Å². The van der Waals surface area contributed by atoms with Crippen LogP contribution >= 0.6 is 11.6 Å². The molecule has 116 valence electrons. The largest absolute Gasteiger partial charge is 0.384 e. The van der Waals surface area contributed by atoms with E-state index in [1.165, 1.54) is 32.1 Å². The monoisotopic (exact) mass is 307 g/mol. The van der Waals surface area contributed by atoms with Gasteiger partial charge in [0.15, 0.2) is 0 Å². The van der Waals surface area contributed by atoms with Gasteiger partial charge in [0.2, 0.25) is 0 Å². The van der Waals surface area contributed by atoms with Gasteiger partial charge in [0.05, 0.1) is 10.7 Å². The standard InChI is InChI=1S/C17H26ClN3/c1-12(2)9-10-21(14-5-3-4-6-14)16-8-7-13(17(19)20)11-15(16)18/h7-8,11-12,14H,3-6,9-10H2,1-2H3,(H3,19,20). The first-order valence-electron chi connectivity index (χ1n) is 7.89. The third-order valence-electron chi connectivity index (χ3n) is 4.28. The van der Waals surface area contributed by atoms with Crippen molar-refractivity contribution in [1.29, 1.82) is 5.41 Å². The number of nitrogens with one attached hydrogen (secondary N) is 1. The zero-order valence-electron chi connectivity index (χ0n) is 13.0. The number of amidine groups is 1. The first-order valence-corrected chi connectivity index (χ1v) is 8.27. The van der Waals surface area contributed by atoms with Gasteiger partial charge in [-0.2, -0.15) is 0 Å². The molecule has 21 heavy (non-hydrogen) atoms. The molecule has 1 aliphatic rings. The van der Waals surface area contributed by atoms with Gasteiger partial charge in [0.25, 0.3) is 0 Å². The van der Waals surface area contributed by atoms with Crippen LogP contribution in [0.25, 0.3) is 0 Å². The van der Waals surface area contributed by atoms with Crippen molar-refractivity contribution >= 4 is 23.1 Å². The average Bonchev–Trinajstić information content (AvgIpc) is 2.94. The van der Waals surface area contributed by atoms with E-state index in [-0.39, 0.29) is 5.84 Å². The van der Waals surface area contributed by atoms with Crippen molar-refractivity contribution in [2.24, 2.45) is 11.7 Å². The Morgan fingerprint density at radius 2 is 2.05 bits per heavy atom. The van der Waals surface area contributed by atoms with E-state index >= 15 is 0 Å². The minimum atomic E-state index is 0.0676. The third kappa shape index (κ3) is 4.13. The fourth-order valence-corrected chi connectivity index (χ4v) is 3.31. The Bertz CT molecular complexity index is 493.